The first-order valence-corrected chi connectivity index (χ1v) is 6.72. The van der Waals surface area contributed by atoms with Gasteiger partial charge in [0.2, 0.25) is 0 Å². The Kier molecular flexibility index (Phi) is 3.93. The van der Waals surface area contributed by atoms with Gasteiger partial charge in [0, 0.05) is 23.9 Å². The predicted molar refractivity (Wildman–Crippen MR) is 77.3 cm³/mol. The van der Waals surface area contributed by atoms with Crippen molar-refractivity contribution in [2.45, 2.75) is 33.6 Å². The van der Waals surface area contributed by atoms with Crippen LogP contribution in [0, 0.1) is 5.41 Å². The van der Waals surface area contributed by atoms with Crippen molar-refractivity contribution in [3.05, 3.63) is 36.0 Å². The van der Waals surface area contributed by atoms with Crippen LogP contribution in [0.4, 0.5) is 5.69 Å². The van der Waals surface area contributed by atoms with Gasteiger partial charge in [-0.1, -0.05) is 13.8 Å². The number of anilines is 1. The summed E-state index contributed by atoms with van der Waals surface area (Å²) in [6, 6.07) is 7.81. The van der Waals surface area contributed by atoms with Crippen LogP contribution in [-0.4, -0.2) is 12.4 Å². The van der Waals surface area contributed by atoms with Crippen molar-refractivity contribution >= 4 is 11.5 Å². The van der Waals surface area contributed by atoms with Gasteiger partial charge >= 0.3 is 0 Å². The molecule has 1 N–H and O–H groups in total. The average molecular weight is 259 g/mol. The van der Waals surface area contributed by atoms with Crippen LogP contribution in [0.2, 0.25) is 0 Å². The second kappa shape index (κ2) is 5.47. The first-order valence-electron chi connectivity index (χ1n) is 6.72. The maximum absolute atomic E-state index is 11.7. The largest absolute Gasteiger partial charge is 0.494 e. The Labute approximate surface area is 114 Å². The minimum atomic E-state index is 0.0411. The third-order valence-electron chi connectivity index (χ3n) is 3.13. The Balaban J connectivity index is 2.06. The summed E-state index contributed by atoms with van der Waals surface area (Å²) in [6.45, 7) is 6.88. The van der Waals surface area contributed by atoms with Crippen LogP contribution in [0.3, 0.4) is 0 Å². The summed E-state index contributed by atoms with van der Waals surface area (Å²) in [4.78, 5) is 11.7. The first kappa shape index (κ1) is 13.7. The highest BCUT2D eigenvalue weighted by Gasteiger charge is 2.27. The standard InChI is InChI=1S/C16H21NO2/c1-4-19-15-7-5-12(6-8-15)17-13-9-14(18)11-16(2,3)10-13/h5-9,17H,4,10-11H2,1-3H3. The maximum Gasteiger partial charge on any atom is 0.157 e. The van der Waals surface area contributed by atoms with Crippen molar-refractivity contribution in [3.8, 4) is 5.75 Å². The Morgan fingerprint density at radius 2 is 1.89 bits per heavy atom. The zero-order valence-corrected chi connectivity index (χ0v) is 11.8. The number of hydrogen-bond acceptors (Lipinski definition) is 3. The molecule has 0 amide bonds. The van der Waals surface area contributed by atoms with Crippen LogP contribution in [-0.2, 0) is 4.79 Å². The van der Waals surface area contributed by atoms with Gasteiger partial charge in [0.1, 0.15) is 5.75 Å². The molecule has 1 aromatic rings. The van der Waals surface area contributed by atoms with Gasteiger partial charge in [-0.25, -0.2) is 0 Å². The van der Waals surface area contributed by atoms with Crippen molar-refractivity contribution in [1.29, 1.82) is 0 Å². The molecule has 3 heteroatoms. The summed E-state index contributed by atoms with van der Waals surface area (Å²) >= 11 is 0. The second-order valence-electron chi connectivity index (χ2n) is 5.74. The minimum Gasteiger partial charge on any atom is -0.494 e. The van der Waals surface area contributed by atoms with Gasteiger partial charge in [0.15, 0.2) is 5.78 Å². The highest BCUT2D eigenvalue weighted by atomic mass is 16.5. The molecule has 1 aromatic carbocycles. The fraction of sp³-hybridized carbons (Fsp3) is 0.438. The van der Waals surface area contributed by atoms with Gasteiger partial charge in [-0.05, 0) is 43.0 Å². The lowest BCUT2D eigenvalue weighted by atomic mass is 9.79. The van der Waals surface area contributed by atoms with Gasteiger partial charge < -0.3 is 10.1 Å². The number of ketones is 1. The van der Waals surface area contributed by atoms with Gasteiger partial charge in [-0.3, -0.25) is 4.79 Å². The number of rotatable bonds is 4. The molecule has 0 fully saturated rings. The molecule has 0 heterocycles. The normalized spacial score (nSPS) is 17.8. The van der Waals surface area contributed by atoms with Crippen LogP contribution in [0.15, 0.2) is 36.0 Å². The molecule has 3 nitrogen and oxygen atoms in total. The number of ether oxygens (including phenoxy) is 1. The summed E-state index contributed by atoms with van der Waals surface area (Å²) < 4.78 is 5.40. The van der Waals surface area contributed by atoms with Gasteiger partial charge in [-0.2, -0.15) is 0 Å². The molecule has 0 radical (unpaired) electrons. The van der Waals surface area contributed by atoms with Gasteiger partial charge in [0.25, 0.3) is 0 Å². The molecule has 2 rings (SSSR count). The summed E-state index contributed by atoms with van der Waals surface area (Å²) in [5.41, 5.74) is 2.02. The van der Waals surface area contributed by atoms with E-state index in [0.29, 0.717) is 13.0 Å². The molecule has 0 atom stereocenters. The molecule has 0 saturated carbocycles. The van der Waals surface area contributed by atoms with E-state index in [2.05, 4.69) is 19.2 Å². The van der Waals surface area contributed by atoms with E-state index in [-0.39, 0.29) is 11.2 Å². The quantitative estimate of drug-likeness (QED) is 0.894. The van der Waals surface area contributed by atoms with Crippen molar-refractivity contribution in [1.82, 2.24) is 0 Å². The first-order chi connectivity index (χ1) is 8.98. The summed E-state index contributed by atoms with van der Waals surface area (Å²) in [5, 5.41) is 3.32. The Hall–Kier alpha value is -1.77. The molecular formula is C16H21NO2. The van der Waals surface area contributed by atoms with Crippen LogP contribution in [0.25, 0.3) is 0 Å². The smallest absolute Gasteiger partial charge is 0.157 e. The lowest BCUT2D eigenvalue weighted by molar-refractivity contribution is -0.117. The van der Waals surface area contributed by atoms with E-state index in [4.69, 9.17) is 4.74 Å². The fourth-order valence-corrected chi connectivity index (χ4v) is 2.41. The number of hydrogen-bond donors (Lipinski definition) is 1. The molecule has 1 aliphatic rings. The Bertz CT molecular complexity index is 486. The molecule has 0 unspecified atom stereocenters. The van der Waals surface area contributed by atoms with Gasteiger partial charge in [-0.15, -0.1) is 0 Å². The fourth-order valence-electron chi connectivity index (χ4n) is 2.41. The topological polar surface area (TPSA) is 38.3 Å². The van der Waals surface area contributed by atoms with Crippen molar-refractivity contribution in [2.24, 2.45) is 5.41 Å². The van der Waals surface area contributed by atoms with Crippen molar-refractivity contribution < 1.29 is 9.53 Å². The number of allylic oxidation sites excluding steroid dienone is 2. The average Bonchev–Trinajstić information content (AvgIpc) is 2.29. The number of carbonyl (C=O) groups is 1. The molecular weight excluding hydrogens is 238 g/mol. The number of nitrogens with one attached hydrogen (secondary N) is 1. The van der Waals surface area contributed by atoms with Crippen LogP contribution < -0.4 is 10.1 Å². The zero-order chi connectivity index (χ0) is 13.9. The molecule has 19 heavy (non-hydrogen) atoms. The minimum absolute atomic E-state index is 0.0411. The predicted octanol–water partition coefficient (Wildman–Crippen LogP) is 3.77. The van der Waals surface area contributed by atoms with Crippen molar-refractivity contribution in [3.63, 3.8) is 0 Å². The Morgan fingerprint density at radius 3 is 2.47 bits per heavy atom. The summed E-state index contributed by atoms with van der Waals surface area (Å²) in [5.74, 6) is 1.06. The molecule has 0 saturated heterocycles. The molecule has 1 aliphatic carbocycles. The van der Waals surface area contributed by atoms with Gasteiger partial charge in [0.05, 0.1) is 6.61 Å². The lowest BCUT2D eigenvalue weighted by Crippen LogP contribution is -2.24. The monoisotopic (exact) mass is 259 g/mol. The van der Waals surface area contributed by atoms with E-state index in [9.17, 15) is 4.79 Å². The highest BCUT2D eigenvalue weighted by Crippen LogP contribution is 2.34. The zero-order valence-electron chi connectivity index (χ0n) is 11.8. The highest BCUT2D eigenvalue weighted by molar-refractivity contribution is 5.92. The molecule has 0 bridgehead atoms. The van der Waals surface area contributed by atoms with E-state index >= 15 is 0 Å². The van der Waals surface area contributed by atoms with Crippen LogP contribution in [0.1, 0.15) is 33.6 Å². The lowest BCUT2D eigenvalue weighted by Gasteiger charge is -2.29. The van der Waals surface area contributed by atoms with E-state index in [1.165, 1.54) is 0 Å². The molecule has 0 spiro atoms. The molecule has 0 aromatic heterocycles. The maximum atomic E-state index is 11.7. The second-order valence-corrected chi connectivity index (χ2v) is 5.74. The van der Waals surface area contributed by atoms with E-state index in [1.807, 2.05) is 31.2 Å². The SMILES string of the molecule is CCOc1ccc(NC2=CC(=O)CC(C)(C)C2)cc1. The van der Waals surface area contributed by atoms with E-state index in [1.54, 1.807) is 6.08 Å². The van der Waals surface area contributed by atoms with E-state index in [0.717, 1.165) is 23.6 Å². The summed E-state index contributed by atoms with van der Waals surface area (Å²) in [7, 11) is 0. The van der Waals surface area contributed by atoms with Crippen LogP contribution in [0.5, 0.6) is 5.75 Å². The number of carbonyl (C=O) groups excluding carboxylic acids is 1. The van der Waals surface area contributed by atoms with Crippen molar-refractivity contribution in [2.75, 3.05) is 11.9 Å². The third kappa shape index (κ3) is 3.85. The Morgan fingerprint density at radius 1 is 1.21 bits per heavy atom. The third-order valence-corrected chi connectivity index (χ3v) is 3.13. The molecule has 0 aliphatic heterocycles. The van der Waals surface area contributed by atoms with E-state index < -0.39 is 0 Å². The van der Waals surface area contributed by atoms with Crippen LogP contribution >= 0.6 is 0 Å². The number of benzene rings is 1. The molecule has 102 valence electrons. The summed E-state index contributed by atoms with van der Waals surface area (Å²) in [6.07, 6.45) is 3.25.